The van der Waals surface area contributed by atoms with Crippen LogP contribution in [0.4, 0.5) is 0 Å². The maximum Gasteiger partial charge on any atom is 0.221 e. The van der Waals surface area contributed by atoms with E-state index >= 15 is 0 Å². The van der Waals surface area contributed by atoms with Crippen molar-refractivity contribution in [1.82, 2.24) is 15.5 Å². The lowest BCUT2D eigenvalue weighted by molar-refractivity contribution is -0.122. The van der Waals surface area contributed by atoms with Gasteiger partial charge >= 0.3 is 0 Å². The van der Waals surface area contributed by atoms with Crippen LogP contribution in [0.3, 0.4) is 0 Å². The van der Waals surface area contributed by atoms with E-state index in [1.54, 1.807) is 0 Å². The van der Waals surface area contributed by atoms with Crippen molar-refractivity contribution in [3.05, 3.63) is 0 Å². The molecule has 2 N–H and O–H groups in total. The zero-order valence-electron chi connectivity index (χ0n) is 11.5. The maximum atomic E-state index is 11.8. The number of rotatable bonds is 1. The van der Waals surface area contributed by atoms with Gasteiger partial charge in [0.25, 0.3) is 0 Å². The molecule has 3 rings (SSSR count). The van der Waals surface area contributed by atoms with E-state index in [4.69, 9.17) is 0 Å². The standard InChI is InChI=1S/C14H25N3O/c1-14(2)12-8-15-7-10(12)9-17(14)11-4-3-5-16-13(18)6-11/h10-12,15H,3-9H2,1-2H3,(H,16,18). The topological polar surface area (TPSA) is 44.4 Å². The summed E-state index contributed by atoms with van der Waals surface area (Å²) in [7, 11) is 0. The van der Waals surface area contributed by atoms with E-state index in [0.717, 1.165) is 44.3 Å². The highest BCUT2D eigenvalue weighted by atomic mass is 16.1. The molecule has 0 aromatic heterocycles. The fraction of sp³-hybridized carbons (Fsp3) is 0.929. The van der Waals surface area contributed by atoms with E-state index in [9.17, 15) is 4.79 Å². The Morgan fingerprint density at radius 3 is 2.94 bits per heavy atom. The molecule has 0 spiro atoms. The highest BCUT2D eigenvalue weighted by molar-refractivity contribution is 5.76. The van der Waals surface area contributed by atoms with E-state index < -0.39 is 0 Å². The molecule has 1 amide bonds. The van der Waals surface area contributed by atoms with Gasteiger partial charge in [-0.05, 0) is 45.1 Å². The molecule has 0 bridgehead atoms. The fourth-order valence-corrected chi connectivity index (χ4v) is 4.29. The van der Waals surface area contributed by atoms with Gasteiger partial charge in [-0.2, -0.15) is 0 Å². The van der Waals surface area contributed by atoms with Crippen LogP contribution in [-0.2, 0) is 4.79 Å². The second-order valence-electron chi connectivity index (χ2n) is 6.68. The summed E-state index contributed by atoms with van der Waals surface area (Å²) in [5, 5.41) is 6.52. The normalized spacial score (nSPS) is 40.3. The molecule has 3 heterocycles. The number of nitrogens with one attached hydrogen (secondary N) is 2. The number of hydrogen-bond acceptors (Lipinski definition) is 3. The van der Waals surface area contributed by atoms with E-state index in [2.05, 4.69) is 29.4 Å². The van der Waals surface area contributed by atoms with Gasteiger partial charge in [-0.25, -0.2) is 0 Å². The van der Waals surface area contributed by atoms with Crippen LogP contribution in [0.5, 0.6) is 0 Å². The summed E-state index contributed by atoms with van der Waals surface area (Å²) in [5.74, 6) is 1.78. The van der Waals surface area contributed by atoms with Crippen LogP contribution in [0.2, 0.25) is 0 Å². The summed E-state index contributed by atoms with van der Waals surface area (Å²) >= 11 is 0. The summed E-state index contributed by atoms with van der Waals surface area (Å²) in [6, 6.07) is 0.452. The van der Waals surface area contributed by atoms with Crippen molar-refractivity contribution in [1.29, 1.82) is 0 Å². The zero-order chi connectivity index (χ0) is 12.8. The predicted molar refractivity (Wildman–Crippen MR) is 71.3 cm³/mol. The van der Waals surface area contributed by atoms with Gasteiger partial charge in [0.15, 0.2) is 0 Å². The predicted octanol–water partition coefficient (Wildman–Crippen LogP) is 0.585. The van der Waals surface area contributed by atoms with Gasteiger partial charge < -0.3 is 10.6 Å². The molecule has 3 unspecified atom stereocenters. The lowest BCUT2D eigenvalue weighted by atomic mass is 9.84. The van der Waals surface area contributed by atoms with Gasteiger partial charge in [0, 0.05) is 37.6 Å². The van der Waals surface area contributed by atoms with Crippen LogP contribution < -0.4 is 10.6 Å². The first-order valence-electron chi connectivity index (χ1n) is 7.33. The van der Waals surface area contributed by atoms with E-state index in [1.807, 2.05) is 0 Å². The van der Waals surface area contributed by atoms with E-state index in [-0.39, 0.29) is 11.4 Å². The molecular weight excluding hydrogens is 226 g/mol. The monoisotopic (exact) mass is 251 g/mol. The zero-order valence-corrected chi connectivity index (χ0v) is 11.5. The Morgan fingerprint density at radius 2 is 2.17 bits per heavy atom. The fourth-order valence-electron chi connectivity index (χ4n) is 4.29. The molecule has 18 heavy (non-hydrogen) atoms. The first kappa shape index (κ1) is 12.4. The molecule has 0 saturated carbocycles. The third-order valence-corrected chi connectivity index (χ3v) is 5.32. The van der Waals surface area contributed by atoms with Crippen LogP contribution >= 0.6 is 0 Å². The van der Waals surface area contributed by atoms with Gasteiger partial charge in [0.1, 0.15) is 0 Å². The summed E-state index contributed by atoms with van der Waals surface area (Å²) in [5.41, 5.74) is 0.240. The molecule has 4 nitrogen and oxygen atoms in total. The molecule has 3 aliphatic heterocycles. The molecule has 4 heteroatoms. The van der Waals surface area contributed by atoms with Crippen LogP contribution in [0.1, 0.15) is 33.1 Å². The number of carbonyl (C=O) groups excluding carboxylic acids is 1. The van der Waals surface area contributed by atoms with E-state index in [1.165, 1.54) is 6.54 Å². The van der Waals surface area contributed by atoms with E-state index in [0.29, 0.717) is 12.5 Å². The lowest BCUT2D eigenvalue weighted by Gasteiger charge is -2.40. The second-order valence-corrected chi connectivity index (χ2v) is 6.68. The van der Waals surface area contributed by atoms with Crippen LogP contribution in [-0.4, -0.2) is 48.6 Å². The molecule has 102 valence electrons. The molecule has 3 fully saturated rings. The lowest BCUT2D eigenvalue weighted by Crippen LogP contribution is -2.50. The van der Waals surface area contributed by atoms with Gasteiger partial charge in [0.05, 0.1) is 0 Å². The average molecular weight is 251 g/mol. The van der Waals surface area contributed by atoms with Crippen molar-refractivity contribution in [3.8, 4) is 0 Å². The average Bonchev–Trinajstić information content (AvgIpc) is 2.79. The van der Waals surface area contributed by atoms with Crippen LogP contribution in [0, 0.1) is 11.8 Å². The van der Waals surface area contributed by atoms with Crippen molar-refractivity contribution in [2.45, 2.75) is 44.7 Å². The van der Waals surface area contributed by atoms with Crippen molar-refractivity contribution in [2.24, 2.45) is 11.8 Å². The molecule has 3 aliphatic rings. The molecular formula is C14H25N3O. The van der Waals surface area contributed by atoms with Crippen LogP contribution in [0.15, 0.2) is 0 Å². The third-order valence-electron chi connectivity index (χ3n) is 5.32. The number of fused-ring (bicyclic) bond motifs is 1. The Morgan fingerprint density at radius 1 is 1.33 bits per heavy atom. The van der Waals surface area contributed by atoms with Crippen molar-refractivity contribution in [3.63, 3.8) is 0 Å². The third kappa shape index (κ3) is 1.95. The van der Waals surface area contributed by atoms with Crippen molar-refractivity contribution >= 4 is 5.91 Å². The summed E-state index contributed by atoms with van der Waals surface area (Å²) in [6.45, 7) is 9.07. The molecule has 3 atom stereocenters. The summed E-state index contributed by atoms with van der Waals surface area (Å²) < 4.78 is 0. The Labute approximate surface area is 109 Å². The molecule has 0 aliphatic carbocycles. The number of amides is 1. The first-order valence-corrected chi connectivity index (χ1v) is 7.33. The SMILES string of the molecule is CC1(C)C2CNCC2CN1C1CCCNC(=O)C1. The molecule has 0 aromatic carbocycles. The maximum absolute atomic E-state index is 11.8. The number of nitrogens with zero attached hydrogens (tertiary/aromatic N) is 1. The highest BCUT2D eigenvalue weighted by Gasteiger charge is 2.51. The Bertz CT molecular complexity index is 342. The molecule has 3 saturated heterocycles. The summed E-state index contributed by atoms with van der Waals surface area (Å²) in [6.07, 6.45) is 2.97. The van der Waals surface area contributed by atoms with Gasteiger partial charge in [-0.15, -0.1) is 0 Å². The molecule has 0 radical (unpaired) electrons. The van der Waals surface area contributed by atoms with Crippen molar-refractivity contribution in [2.75, 3.05) is 26.2 Å². The van der Waals surface area contributed by atoms with Gasteiger partial charge in [-0.3, -0.25) is 9.69 Å². The Hall–Kier alpha value is -0.610. The Balaban J connectivity index is 1.77. The highest BCUT2D eigenvalue weighted by Crippen LogP contribution is 2.42. The minimum absolute atomic E-state index is 0.239. The number of likely N-dealkylation sites (tertiary alicyclic amines) is 1. The summed E-state index contributed by atoms with van der Waals surface area (Å²) in [4.78, 5) is 14.4. The minimum Gasteiger partial charge on any atom is -0.356 e. The number of hydrogen-bond donors (Lipinski definition) is 2. The molecule has 0 aromatic rings. The second kappa shape index (κ2) is 4.49. The Kier molecular flexibility index (Phi) is 3.10. The largest absolute Gasteiger partial charge is 0.356 e. The number of carbonyl (C=O) groups is 1. The quantitative estimate of drug-likeness (QED) is 0.717. The van der Waals surface area contributed by atoms with Crippen LogP contribution in [0.25, 0.3) is 0 Å². The first-order chi connectivity index (χ1) is 8.59. The van der Waals surface area contributed by atoms with Gasteiger partial charge in [-0.1, -0.05) is 0 Å². The van der Waals surface area contributed by atoms with Gasteiger partial charge in [0.2, 0.25) is 5.91 Å². The van der Waals surface area contributed by atoms with Crippen molar-refractivity contribution < 1.29 is 4.79 Å². The smallest absolute Gasteiger partial charge is 0.221 e. The minimum atomic E-state index is 0.239.